The molecule has 0 unspecified atom stereocenters. The lowest BCUT2D eigenvalue weighted by atomic mass is 10.1. The van der Waals surface area contributed by atoms with Crippen LogP contribution in [0.1, 0.15) is 71.1 Å². The van der Waals surface area contributed by atoms with Gasteiger partial charge in [-0.1, -0.05) is 39.8 Å². The van der Waals surface area contributed by atoms with Crippen LogP contribution in [-0.4, -0.2) is 39.7 Å². The zero-order valence-corrected chi connectivity index (χ0v) is 27.1. The molecule has 0 fully saturated rings. The molecular weight excluding hydrogens is 564 g/mol. The third kappa shape index (κ3) is 9.41. The number of benzene rings is 2. The Morgan fingerprint density at radius 2 is 1.74 bits per heavy atom. The summed E-state index contributed by atoms with van der Waals surface area (Å²) >= 11 is 1.58. The largest absolute Gasteiger partial charge is 0.464 e. The summed E-state index contributed by atoms with van der Waals surface area (Å²) in [6.45, 7) is 15.9. The average Bonchev–Trinajstić information content (AvgIpc) is 3.57. The van der Waals surface area contributed by atoms with Crippen LogP contribution in [0.2, 0.25) is 0 Å². The van der Waals surface area contributed by atoms with E-state index in [2.05, 4.69) is 15.6 Å². The van der Waals surface area contributed by atoms with Gasteiger partial charge in [-0.05, 0) is 81.0 Å². The highest BCUT2D eigenvalue weighted by Gasteiger charge is 2.19. The highest BCUT2D eigenvalue weighted by Crippen LogP contribution is 2.32. The van der Waals surface area contributed by atoms with Gasteiger partial charge in [0.25, 0.3) is 5.91 Å². The van der Waals surface area contributed by atoms with Gasteiger partial charge in [0.1, 0.15) is 18.0 Å². The number of fused-ring (bicyclic) bond motifs is 1. The van der Waals surface area contributed by atoms with E-state index in [-0.39, 0.29) is 24.4 Å². The van der Waals surface area contributed by atoms with Gasteiger partial charge in [0.15, 0.2) is 0 Å². The maximum absolute atomic E-state index is 13.4. The van der Waals surface area contributed by atoms with Crippen LogP contribution in [0.3, 0.4) is 0 Å². The van der Waals surface area contributed by atoms with E-state index in [0.29, 0.717) is 35.4 Å². The fourth-order valence-corrected chi connectivity index (χ4v) is 5.00. The molecule has 0 saturated carbocycles. The maximum atomic E-state index is 13.4. The van der Waals surface area contributed by atoms with E-state index in [1.807, 2.05) is 74.9 Å². The smallest absolute Gasteiger partial charge is 0.412 e. The number of aromatic nitrogens is 2. The SMILES string of the molecule is CC.Cc1nc2cc(C(=O)Nc3cc(-c4cccs4)ccc3NC(=O)OC(C)(C)C)ccc2n1CCOC(=O)CC(C)C. The van der Waals surface area contributed by atoms with E-state index in [4.69, 9.17) is 9.47 Å². The zero-order valence-electron chi connectivity index (χ0n) is 26.2. The molecule has 4 rings (SSSR count). The van der Waals surface area contributed by atoms with Crippen molar-refractivity contribution in [2.75, 3.05) is 17.2 Å². The second kappa shape index (κ2) is 14.8. The molecule has 2 aromatic heterocycles. The summed E-state index contributed by atoms with van der Waals surface area (Å²) in [5.41, 5.74) is 3.00. The van der Waals surface area contributed by atoms with Crippen LogP contribution in [0.4, 0.5) is 16.2 Å². The zero-order chi connectivity index (χ0) is 31.7. The number of anilines is 2. The molecule has 2 heterocycles. The molecule has 0 spiro atoms. The van der Waals surface area contributed by atoms with Crippen molar-refractivity contribution < 1.29 is 23.9 Å². The summed E-state index contributed by atoms with van der Waals surface area (Å²) < 4.78 is 12.7. The van der Waals surface area contributed by atoms with Crippen molar-refractivity contribution in [1.29, 1.82) is 0 Å². The monoisotopic (exact) mass is 606 g/mol. The Kier molecular flexibility index (Phi) is 11.5. The van der Waals surface area contributed by atoms with Crippen LogP contribution >= 0.6 is 11.3 Å². The number of ether oxygens (including phenoxy) is 2. The molecule has 0 radical (unpaired) electrons. The van der Waals surface area contributed by atoms with Gasteiger partial charge in [0, 0.05) is 16.9 Å². The van der Waals surface area contributed by atoms with E-state index in [0.717, 1.165) is 21.8 Å². The summed E-state index contributed by atoms with van der Waals surface area (Å²) in [6.07, 6.45) is -0.234. The molecule has 0 bridgehead atoms. The minimum atomic E-state index is -0.670. The van der Waals surface area contributed by atoms with Gasteiger partial charge >= 0.3 is 12.1 Å². The van der Waals surface area contributed by atoms with Crippen LogP contribution in [0.15, 0.2) is 53.9 Å². The molecule has 9 nitrogen and oxygen atoms in total. The number of carbonyl (C=O) groups excluding carboxylic acids is 3. The first kappa shape index (κ1) is 33.3. The Labute approximate surface area is 257 Å². The van der Waals surface area contributed by atoms with Gasteiger partial charge in [0.05, 0.1) is 29.0 Å². The molecule has 230 valence electrons. The number of imidazole rings is 1. The minimum Gasteiger partial charge on any atom is -0.464 e. The van der Waals surface area contributed by atoms with Crippen LogP contribution in [0.25, 0.3) is 21.5 Å². The second-order valence-corrected chi connectivity index (χ2v) is 12.1. The molecular formula is C33H42N4O5S. The molecule has 2 amide bonds. The number of carbonyl (C=O) groups is 3. The maximum Gasteiger partial charge on any atom is 0.412 e. The number of amides is 2. The number of hydrogen-bond acceptors (Lipinski definition) is 7. The van der Waals surface area contributed by atoms with Crippen LogP contribution in [-0.2, 0) is 20.8 Å². The average molecular weight is 607 g/mol. The summed E-state index contributed by atoms with van der Waals surface area (Å²) in [7, 11) is 0. The molecule has 10 heteroatoms. The Balaban J connectivity index is 0.00000248. The van der Waals surface area contributed by atoms with Crippen molar-refractivity contribution in [1.82, 2.24) is 9.55 Å². The lowest BCUT2D eigenvalue weighted by Gasteiger charge is -2.21. The Morgan fingerprint density at radius 3 is 2.40 bits per heavy atom. The van der Waals surface area contributed by atoms with Crippen molar-refractivity contribution in [3.8, 4) is 10.4 Å². The fraction of sp³-hybridized carbons (Fsp3) is 0.394. The van der Waals surface area contributed by atoms with Crippen molar-refractivity contribution in [3.63, 3.8) is 0 Å². The van der Waals surface area contributed by atoms with Gasteiger partial charge in [-0.15, -0.1) is 11.3 Å². The molecule has 2 N–H and O–H groups in total. The normalized spacial score (nSPS) is 11.1. The highest BCUT2D eigenvalue weighted by atomic mass is 32.1. The Hall–Kier alpha value is -4.18. The first-order valence-electron chi connectivity index (χ1n) is 14.5. The molecule has 2 aromatic carbocycles. The second-order valence-electron chi connectivity index (χ2n) is 11.2. The predicted molar refractivity (Wildman–Crippen MR) is 174 cm³/mol. The number of rotatable bonds is 9. The summed E-state index contributed by atoms with van der Waals surface area (Å²) in [4.78, 5) is 43.5. The first-order valence-corrected chi connectivity index (χ1v) is 15.4. The molecule has 0 aliphatic carbocycles. The van der Waals surface area contributed by atoms with Crippen molar-refractivity contribution in [2.24, 2.45) is 5.92 Å². The first-order chi connectivity index (χ1) is 20.4. The van der Waals surface area contributed by atoms with Crippen molar-refractivity contribution in [2.45, 2.75) is 74.0 Å². The number of hydrogen-bond donors (Lipinski definition) is 2. The third-order valence-corrected chi connectivity index (χ3v) is 6.98. The lowest BCUT2D eigenvalue weighted by molar-refractivity contribution is -0.144. The van der Waals surface area contributed by atoms with Gasteiger partial charge in [0.2, 0.25) is 0 Å². The van der Waals surface area contributed by atoms with E-state index in [9.17, 15) is 14.4 Å². The van der Waals surface area contributed by atoms with Gasteiger partial charge in [-0.3, -0.25) is 14.9 Å². The predicted octanol–water partition coefficient (Wildman–Crippen LogP) is 8.29. The molecule has 4 aromatic rings. The number of esters is 1. The van der Waals surface area contributed by atoms with E-state index in [1.54, 1.807) is 50.3 Å². The summed E-state index contributed by atoms with van der Waals surface area (Å²) in [5, 5.41) is 7.68. The lowest BCUT2D eigenvalue weighted by Crippen LogP contribution is -2.27. The van der Waals surface area contributed by atoms with Crippen molar-refractivity contribution in [3.05, 3.63) is 65.3 Å². The third-order valence-electron chi connectivity index (χ3n) is 6.06. The van der Waals surface area contributed by atoms with E-state index in [1.165, 1.54) is 0 Å². The van der Waals surface area contributed by atoms with Gasteiger partial charge in [-0.25, -0.2) is 9.78 Å². The highest BCUT2D eigenvalue weighted by molar-refractivity contribution is 7.13. The van der Waals surface area contributed by atoms with E-state index >= 15 is 0 Å². The number of thiophene rings is 1. The topological polar surface area (TPSA) is 112 Å². The summed E-state index contributed by atoms with van der Waals surface area (Å²) in [6, 6.07) is 14.7. The number of nitrogens with one attached hydrogen (secondary N) is 2. The van der Waals surface area contributed by atoms with Crippen LogP contribution < -0.4 is 10.6 Å². The molecule has 43 heavy (non-hydrogen) atoms. The Morgan fingerprint density at radius 1 is 1.00 bits per heavy atom. The van der Waals surface area contributed by atoms with Crippen LogP contribution in [0.5, 0.6) is 0 Å². The number of aryl methyl sites for hydroxylation is 1. The van der Waals surface area contributed by atoms with Gasteiger partial charge < -0.3 is 19.4 Å². The number of nitrogens with zero attached hydrogens (tertiary/aromatic N) is 2. The van der Waals surface area contributed by atoms with Gasteiger partial charge in [-0.2, -0.15) is 0 Å². The molecule has 0 aliphatic heterocycles. The molecule has 0 aliphatic rings. The van der Waals surface area contributed by atoms with E-state index < -0.39 is 11.7 Å². The van der Waals surface area contributed by atoms with Crippen molar-refractivity contribution >= 4 is 51.7 Å². The molecule has 0 saturated heterocycles. The standard InChI is InChI=1S/C31H36N4O5S.C2H6/c1-19(2)16-28(36)39-14-13-35-20(3)32-25-18-22(10-12-26(25)35)29(37)33-24-17-21(27-8-7-15-41-27)9-11-23(24)34-30(38)40-31(4,5)6;1-2/h7-12,15,17-19H,13-14,16H2,1-6H3,(H,33,37)(H,34,38);1-2H3. The molecule has 0 atom stereocenters. The minimum absolute atomic E-state index is 0.218. The quantitative estimate of drug-likeness (QED) is 0.185. The summed E-state index contributed by atoms with van der Waals surface area (Å²) in [5.74, 6) is 0.428. The fourth-order valence-electron chi connectivity index (χ4n) is 4.28. The van der Waals surface area contributed by atoms with Crippen LogP contribution in [0, 0.1) is 12.8 Å². The Bertz CT molecular complexity index is 1550.